The lowest BCUT2D eigenvalue weighted by Crippen LogP contribution is -2.75. The van der Waals surface area contributed by atoms with Crippen LogP contribution >= 0.6 is 0 Å². The molecular formula is C32H45N6O7S+. The van der Waals surface area contributed by atoms with Crippen molar-refractivity contribution in [3.63, 3.8) is 0 Å². The number of carbonyl (C=O) groups is 2. The summed E-state index contributed by atoms with van der Waals surface area (Å²) in [5.41, 5.74) is 0.597. The van der Waals surface area contributed by atoms with Crippen LogP contribution in [0.4, 0.5) is 22.1 Å². The average molecular weight is 658 g/mol. The van der Waals surface area contributed by atoms with Gasteiger partial charge in [-0.1, -0.05) is 30.2 Å². The number of rotatable bonds is 9. The lowest BCUT2D eigenvalue weighted by atomic mass is 9.77. The number of nitrogens with one attached hydrogen (secondary N) is 3. The molecule has 1 aromatic carbocycles. The molecule has 3 heterocycles. The molecule has 0 radical (unpaired) electrons. The molecule has 13 nitrogen and oxygen atoms in total. The van der Waals surface area contributed by atoms with Crippen molar-refractivity contribution in [2.75, 3.05) is 28.8 Å². The summed E-state index contributed by atoms with van der Waals surface area (Å²) < 4.78 is 41.6. The van der Waals surface area contributed by atoms with Crippen LogP contribution in [0.15, 0.2) is 53.2 Å². The topological polar surface area (TPSA) is 162 Å². The first-order valence-electron chi connectivity index (χ1n) is 15.1. The Morgan fingerprint density at radius 3 is 2.04 bits per heavy atom. The molecule has 0 unspecified atom stereocenters. The molecule has 250 valence electrons. The van der Waals surface area contributed by atoms with Gasteiger partial charge in [-0.15, -0.1) is 0 Å². The van der Waals surface area contributed by atoms with Gasteiger partial charge >= 0.3 is 16.1 Å². The largest absolute Gasteiger partial charge is 0.488 e. The van der Waals surface area contributed by atoms with Gasteiger partial charge < -0.3 is 19.9 Å². The second kappa shape index (κ2) is 12.6. The number of piperidine rings is 1. The molecule has 1 fully saturated rings. The van der Waals surface area contributed by atoms with Crippen LogP contribution in [0.25, 0.3) is 0 Å². The Morgan fingerprint density at radius 2 is 1.57 bits per heavy atom. The second-order valence-corrected chi connectivity index (χ2v) is 15.5. The SMILES string of the molecule is CC[N+]1(OS(C)(=O)=O)C(C)(C)CC(Oc2ccc(C(=O)Nc3ccc(NC(=O)Nc4cc(C(C)(C)C)no4)cc3)nc2)CC1(C)C. The van der Waals surface area contributed by atoms with Crippen LogP contribution in [0.3, 0.4) is 0 Å². The van der Waals surface area contributed by atoms with Gasteiger partial charge in [0.1, 0.15) is 35.2 Å². The highest BCUT2D eigenvalue weighted by Gasteiger charge is 2.63. The van der Waals surface area contributed by atoms with Gasteiger partial charge in [0, 0.05) is 35.7 Å². The summed E-state index contributed by atoms with van der Waals surface area (Å²) in [5.74, 6) is 0.328. The molecule has 14 heteroatoms. The minimum Gasteiger partial charge on any atom is -0.488 e. The Morgan fingerprint density at radius 1 is 0.978 bits per heavy atom. The number of carbonyl (C=O) groups excluding carboxylic acids is 2. The molecule has 0 saturated carbocycles. The molecule has 2 aromatic heterocycles. The maximum Gasteiger partial charge on any atom is 0.326 e. The third-order valence-corrected chi connectivity index (χ3v) is 8.83. The monoisotopic (exact) mass is 657 g/mol. The van der Waals surface area contributed by atoms with E-state index in [0.717, 1.165) is 11.9 Å². The number of pyridine rings is 1. The Hall–Kier alpha value is -4.01. The van der Waals surface area contributed by atoms with E-state index in [4.69, 9.17) is 13.5 Å². The lowest BCUT2D eigenvalue weighted by molar-refractivity contribution is -1.15. The first kappa shape index (κ1) is 34.9. The maximum absolute atomic E-state index is 12.9. The molecule has 3 aromatic rings. The van der Waals surface area contributed by atoms with Gasteiger partial charge in [-0.3, -0.25) is 10.1 Å². The van der Waals surface area contributed by atoms with Crippen LogP contribution in [-0.4, -0.2) is 65.1 Å². The quantitative estimate of drug-likeness (QED) is 0.231. The first-order valence-corrected chi connectivity index (χ1v) is 16.9. The molecule has 0 atom stereocenters. The van der Waals surface area contributed by atoms with Crippen LogP contribution in [0.2, 0.25) is 0 Å². The van der Waals surface area contributed by atoms with Gasteiger partial charge in [0.05, 0.1) is 18.1 Å². The smallest absolute Gasteiger partial charge is 0.326 e. The Bertz CT molecular complexity index is 1640. The normalized spacial score (nSPS) is 20.8. The van der Waals surface area contributed by atoms with Crippen molar-refractivity contribution in [2.45, 2.75) is 90.8 Å². The highest BCUT2D eigenvalue weighted by Crippen LogP contribution is 2.47. The fourth-order valence-electron chi connectivity index (χ4n) is 6.30. The Labute approximate surface area is 270 Å². The van der Waals surface area contributed by atoms with Gasteiger partial charge in [0.2, 0.25) is 5.88 Å². The van der Waals surface area contributed by atoms with Crippen molar-refractivity contribution < 1.29 is 36.2 Å². The summed E-state index contributed by atoms with van der Waals surface area (Å²) >= 11 is 0. The van der Waals surface area contributed by atoms with E-state index >= 15 is 0 Å². The van der Waals surface area contributed by atoms with Crippen LogP contribution in [-0.2, 0) is 19.8 Å². The number of ether oxygens (including phenoxy) is 1. The molecule has 46 heavy (non-hydrogen) atoms. The number of aromatic nitrogens is 2. The van der Waals surface area contributed by atoms with Gasteiger partial charge in [-0.05, 0) is 71.0 Å². The zero-order valence-corrected chi connectivity index (χ0v) is 28.7. The predicted octanol–water partition coefficient (Wildman–Crippen LogP) is 6.09. The van der Waals surface area contributed by atoms with Crippen LogP contribution in [0, 0.1) is 0 Å². The molecular weight excluding hydrogens is 612 g/mol. The Balaban J connectivity index is 1.33. The maximum atomic E-state index is 12.9. The van der Waals surface area contributed by atoms with E-state index in [1.807, 2.05) is 55.4 Å². The molecule has 0 bridgehead atoms. The average Bonchev–Trinajstić information content (AvgIpc) is 3.40. The molecule has 0 spiro atoms. The molecule has 1 aliphatic rings. The first-order chi connectivity index (χ1) is 21.2. The van der Waals surface area contributed by atoms with E-state index in [-0.39, 0.29) is 27.7 Å². The summed E-state index contributed by atoms with van der Waals surface area (Å²) in [6.07, 6.45) is 3.46. The molecule has 3 amide bonds. The van der Waals surface area contributed by atoms with Crippen molar-refractivity contribution >= 4 is 39.3 Å². The number of benzene rings is 1. The zero-order valence-electron chi connectivity index (χ0n) is 27.9. The third kappa shape index (κ3) is 7.85. The van der Waals surface area contributed by atoms with E-state index in [1.165, 1.54) is 6.20 Å². The molecule has 1 saturated heterocycles. The summed E-state index contributed by atoms with van der Waals surface area (Å²) in [7, 11) is -3.71. The number of urea groups is 1. The number of hydroxylamine groups is 3. The highest BCUT2D eigenvalue weighted by molar-refractivity contribution is 7.85. The van der Waals surface area contributed by atoms with E-state index in [0.29, 0.717) is 36.5 Å². The summed E-state index contributed by atoms with van der Waals surface area (Å²) in [4.78, 5) is 29.5. The number of hydrogen-bond acceptors (Lipinski definition) is 9. The van der Waals surface area contributed by atoms with Crippen LogP contribution in [0.1, 0.15) is 84.4 Å². The van der Waals surface area contributed by atoms with Gasteiger partial charge in [-0.25, -0.2) is 9.78 Å². The van der Waals surface area contributed by atoms with E-state index < -0.39 is 33.1 Å². The standard InChI is InChI=1S/C32H44N6O7S/c1-10-38(45-46(9,41)42)31(5,6)18-24(19-32(38,7)8)43-23-15-16-25(33-20-23)28(39)34-21-11-13-22(14-12-21)35-29(40)36-27-17-26(37-44-27)30(2,3)4/h11-17,20,24H,10,18-19H2,1-9H3,(H2-,33,34,35,36,37,39,40)/p+1. The minimum absolute atomic E-state index is 0.0403. The van der Waals surface area contributed by atoms with Gasteiger partial charge in [0.25, 0.3) is 5.91 Å². The third-order valence-electron chi connectivity index (χ3n) is 8.31. The number of quaternary nitrogens is 1. The second-order valence-electron chi connectivity index (χ2n) is 13.9. The van der Waals surface area contributed by atoms with Crippen molar-refractivity contribution in [1.82, 2.24) is 10.1 Å². The zero-order chi connectivity index (χ0) is 34.1. The van der Waals surface area contributed by atoms with Crippen molar-refractivity contribution in [3.05, 3.63) is 60.0 Å². The van der Waals surface area contributed by atoms with Gasteiger partial charge in [0.15, 0.2) is 0 Å². The predicted molar refractivity (Wildman–Crippen MR) is 175 cm³/mol. The fraction of sp³-hybridized carbons (Fsp3) is 0.500. The fourth-order valence-corrected chi connectivity index (χ4v) is 7.27. The molecule has 3 N–H and O–H groups in total. The van der Waals surface area contributed by atoms with Crippen molar-refractivity contribution in [1.29, 1.82) is 0 Å². The van der Waals surface area contributed by atoms with Gasteiger partial charge in [-0.2, -0.15) is 13.1 Å². The minimum atomic E-state index is -3.71. The lowest BCUT2D eigenvalue weighted by Gasteiger charge is -2.58. The van der Waals surface area contributed by atoms with E-state index in [2.05, 4.69) is 26.1 Å². The number of likely N-dealkylation sites (tertiary alicyclic amines) is 1. The highest BCUT2D eigenvalue weighted by atomic mass is 32.2. The summed E-state index contributed by atoms with van der Waals surface area (Å²) in [5, 5.41) is 12.1. The number of hydrogen-bond donors (Lipinski definition) is 3. The summed E-state index contributed by atoms with van der Waals surface area (Å²) in [6.45, 7) is 16.3. The van der Waals surface area contributed by atoms with Crippen LogP contribution in [0.5, 0.6) is 5.75 Å². The Kier molecular flexibility index (Phi) is 9.58. The molecule has 4 rings (SSSR count). The number of anilines is 3. The van der Waals surface area contributed by atoms with Crippen molar-refractivity contribution in [2.24, 2.45) is 0 Å². The summed E-state index contributed by atoms with van der Waals surface area (Å²) in [6, 6.07) is 11.1. The molecule has 1 aliphatic heterocycles. The van der Waals surface area contributed by atoms with Crippen molar-refractivity contribution in [3.8, 4) is 5.75 Å². The van der Waals surface area contributed by atoms with Crippen LogP contribution < -0.4 is 20.7 Å². The molecule has 0 aliphatic carbocycles. The number of amides is 3. The van der Waals surface area contributed by atoms with E-state index in [9.17, 15) is 18.0 Å². The van der Waals surface area contributed by atoms with E-state index in [1.54, 1.807) is 42.5 Å². The number of nitrogens with zero attached hydrogens (tertiary/aromatic N) is 3.